The van der Waals surface area contributed by atoms with Gasteiger partial charge < -0.3 is 9.30 Å². The Kier molecular flexibility index (Phi) is 4.35. The molecule has 27 heavy (non-hydrogen) atoms. The van der Waals surface area contributed by atoms with E-state index in [0.29, 0.717) is 12.1 Å². The van der Waals surface area contributed by atoms with E-state index >= 15 is 0 Å². The summed E-state index contributed by atoms with van der Waals surface area (Å²) in [6.07, 6.45) is 0.656. The zero-order chi connectivity index (χ0) is 18.8. The topological polar surface area (TPSA) is 50.8 Å². The van der Waals surface area contributed by atoms with Crippen LogP contribution in [-0.4, -0.2) is 16.7 Å². The average molecular weight is 353 g/mol. The molecular formula is C23H19N3O. The van der Waals surface area contributed by atoms with Gasteiger partial charge in [-0.05, 0) is 35.4 Å². The summed E-state index contributed by atoms with van der Waals surface area (Å²) in [6.45, 7) is 0. The molecule has 4 aromatic rings. The molecule has 0 amide bonds. The first-order chi connectivity index (χ1) is 13.2. The Hall–Kier alpha value is -3.58. The summed E-state index contributed by atoms with van der Waals surface area (Å²) in [5.41, 5.74) is 5.94. The highest BCUT2D eigenvalue weighted by atomic mass is 16.5. The molecule has 0 spiro atoms. The molecule has 0 bridgehead atoms. The van der Waals surface area contributed by atoms with Gasteiger partial charge in [0.05, 0.1) is 18.3 Å². The maximum atomic E-state index is 9.16. The number of aromatic nitrogens is 2. The number of hydrogen-bond acceptors (Lipinski definition) is 3. The molecule has 2 aromatic carbocycles. The van der Waals surface area contributed by atoms with E-state index in [-0.39, 0.29) is 0 Å². The molecule has 0 saturated carbocycles. The summed E-state index contributed by atoms with van der Waals surface area (Å²) in [7, 11) is 3.76. The molecule has 0 saturated heterocycles. The summed E-state index contributed by atoms with van der Waals surface area (Å²) in [5, 5.41) is 10.3. The zero-order valence-corrected chi connectivity index (χ0v) is 15.3. The Morgan fingerprint density at radius 3 is 2.59 bits per heavy atom. The summed E-state index contributed by atoms with van der Waals surface area (Å²) in [5.74, 6) is 0.832. The van der Waals surface area contributed by atoms with Crippen LogP contribution in [0.4, 0.5) is 0 Å². The molecule has 0 fully saturated rings. The maximum Gasteiger partial charge on any atom is 0.140 e. The van der Waals surface area contributed by atoms with Crippen LogP contribution < -0.4 is 4.74 Å². The summed E-state index contributed by atoms with van der Waals surface area (Å²) >= 11 is 0. The van der Waals surface area contributed by atoms with Crippen LogP contribution in [0.1, 0.15) is 17.0 Å². The van der Waals surface area contributed by atoms with Gasteiger partial charge in [-0.1, -0.05) is 36.4 Å². The zero-order valence-electron chi connectivity index (χ0n) is 15.3. The van der Waals surface area contributed by atoms with E-state index in [9.17, 15) is 0 Å². The van der Waals surface area contributed by atoms with Gasteiger partial charge in [0.25, 0.3) is 0 Å². The fraction of sp³-hybridized carbons (Fsp3) is 0.130. The number of nitriles is 1. The molecule has 0 unspecified atom stereocenters. The fourth-order valence-electron chi connectivity index (χ4n) is 3.59. The molecule has 0 atom stereocenters. The molecule has 2 aromatic heterocycles. The number of hydrogen-bond donors (Lipinski definition) is 0. The van der Waals surface area contributed by atoms with Crippen LogP contribution in [0.15, 0.2) is 66.7 Å². The Balaban J connectivity index is 1.95. The van der Waals surface area contributed by atoms with Gasteiger partial charge in [0, 0.05) is 30.6 Å². The molecule has 132 valence electrons. The van der Waals surface area contributed by atoms with Crippen molar-refractivity contribution >= 4 is 10.9 Å². The van der Waals surface area contributed by atoms with Crippen molar-refractivity contribution in [2.75, 3.05) is 7.11 Å². The van der Waals surface area contributed by atoms with Gasteiger partial charge in [0.15, 0.2) is 0 Å². The predicted molar refractivity (Wildman–Crippen MR) is 107 cm³/mol. The molecule has 4 nitrogen and oxygen atoms in total. The average Bonchev–Trinajstić information content (AvgIpc) is 2.99. The highest BCUT2D eigenvalue weighted by Crippen LogP contribution is 2.36. The Morgan fingerprint density at radius 1 is 1.04 bits per heavy atom. The van der Waals surface area contributed by atoms with Crippen molar-refractivity contribution in [3.05, 3.63) is 83.7 Å². The monoisotopic (exact) mass is 353 g/mol. The normalized spacial score (nSPS) is 10.7. The lowest BCUT2D eigenvalue weighted by Gasteiger charge is -2.08. The van der Waals surface area contributed by atoms with E-state index < -0.39 is 0 Å². The van der Waals surface area contributed by atoms with Crippen molar-refractivity contribution in [1.82, 2.24) is 9.55 Å². The van der Waals surface area contributed by atoms with E-state index in [1.807, 2.05) is 36.4 Å². The fourth-order valence-corrected chi connectivity index (χ4v) is 3.59. The lowest BCUT2D eigenvalue weighted by molar-refractivity contribution is 0.415. The van der Waals surface area contributed by atoms with E-state index in [1.54, 1.807) is 13.2 Å². The van der Waals surface area contributed by atoms with Gasteiger partial charge in [-0.25, -0.2) is 4.98 Å². The summed E-state index contributed by atoms with van der Waals surface area (Å²) in [6, 6.07) is 24.2. The predicted octanol–water partition coefficient (Wildman–Crippen LogP) is 4.71. The minimum atomic E-state index is 0.440. The quantitative estimate of drug-likeness (QED) is 0.534. The number of benzene rings is 2. The highest BCUT2D eigenvalue weighted by Gasteiger charge is 2.18. The third-order valence-electron chi connectivity index (χ3n) is 4.84. The second kappa shape index (κ2) is 6.97. The molecule has 0 aliphatic carbocycles. The van der Waals surface area contributed by atoms with Crippen LogP contribution >= 0.6 is 0 Å². The Morgan fingerprint density at radius 2 is 1.85 bits per heavy atom. The Labute approximate surface area is 158 Å². The number of methoxy groups -OCH3 is 1. The van der Waals surface area contributed by atoms with Crippen molar-refractivity contribution in [2.45, 2.75) is 6.42 Å². The Bertz CT molecular complexity index is 1150. The van der Waals surface area contributed by atoms with Crippen LogP contribution in [0, 0.1) is 11.3 Å². The molecule has 0 radical (unpaired) electrons. The number of fused-ring (bicyclic) bond motifs is 1. The van der Waals surface area contributed by atoms with Crippen LogP contribution in [-0.2, 0) is 13.5 Å². The number of pyridine rings is 1. The van der Waals surface area contributed by atoms with Gasteiger partial charge in [-0.3, -0.25) is 0 Å². The summed E-state index contributed by atoms with van der Waals surface area (Å²) < 4.78 is 7.62. The number of nitrogens with zero attached hydrogens (tertiary/aromatic N) is 3. The first-order valence-electron chi connectivity index (χ1n) is 8.78. The SMILES string of the molecule is COc1ccc2c(Cc3cccc(C#N)n3)c(-c3ccccc3)n(C)c2c1. The van der Waals surface area contributed by atoms with Crippen LogP contribution in [0.25, 0.3) is 22.2 Å². The molecule has 0 N–H and O–H groups in total. The van der Waals surface area contributed by atoms with Crippen molar-refractivity contribution < 1.29 is 4.74 Å². The summed E-state index contributed by atoms with van der Waals surface area (Å²) in [4.78, 5) is 4.48. The lowest BCUT2D eigenvalue weighted by atomic mass is 10.0. The van der Waals surface area contributed by atoms with E-state index in [2.05, 4.69) is 46.9 Å². The van der Waals surface area contributed by atoms with Gasteiger partial charge in [0.1, 0.15) is 17.5 Å². The first-order valence-corrected chi connectivity index (χ1v) is 8.78. The largest absolute Gasteiger partial charge is 0.497 e. The minimum Gasteiger partial charge on any atom is -0.497 e. The minimum absolute atomic E-state index is 0.440. The third-order valence-corrected chi connectivity index (χ3v) is 4.84. The van der Waals surface area contributed by atoms with Crippen molar-refractivity contribution in [3.63, 3.8) is 0 Å². The third kappa shape index (κ3) is 3.04. The number of aryl methyl sites for hydroxylation is 1. The number of ether oxygens (including phenoxy) is 1. The smallest absolute Gasteiger partial charge is 0.140 e. The van der Waals surface area contributed by atoms with Crippen LogP contribution in [0.5, 0.6) is 5.75 Å². The van der Waals surface area contributed by atoms with Crippen LogP contribution in [0.2, 0.25) is 0 Å². The van der Waals surface area contributed by atoms with Crippen molar-refractivity contribution in [1.29, 1.82) is 5.26 Å². The highest BCUT2D eigenvalue weighted by molar-refractivity contribution is 5.93. The first kappa shape index (κ1) is 16.9. The second-order valence-corrected chi connectivity index (χ2v) is 6.44. The van der Waals surface area contributed by atoms with E-state index in [1.165, 1.54) is 10.9 Å². The van der Waals surface area contributed by atoms with Gasteiger partial charge in [0.2, 0.25) is 0 Å². The second-order valence-electron chi connectivity index (χ2n) is 6.44. The standard InChI is InChI=1S/C23H19N3O/c1-26-22-14-19(27-2)11-12-20(22)21(23(26)16-7-4-3-5-8-16)13-17-9-6-10-18(15-24)25-17/h3-12,14H,13H2,1-2H3. The molecule has 4 heteroatoms. The van der Waals surface area contributed by atoms with E-state index in [4.69, 9.17) is 10.00 Å². The molecular weight excluding hydrogens is 334 g/mol. The van der Waals surface area contributed by atoms with Crippen LogP contribution in [0.3, 0.4) is 0 Å². The lowest BCUT2D eigenvalue weighted by Crippen LogP contribution is -1.98. The molecule has 0 aliphatic rings. The molecule has 2 heterocycles. The number of rotatable bonds is 4. The maximum absolute atomic E-state index is 9.16. The van der Waals surface area contributed by atoms with Gasteiger partial charge >= 0.3 is 0 Å². The van der Waals surface area contributed by atoms with Crippen molar-refractivity contribution in [2.24, 2.45) is 7.05 Å². The van der Waals surface area contributed by atoms with Gasteiger partial charge in [-0.15, -0.1) is 0 Å². The molecule has 0 aliphatic heterocycles. The van der Waals surface area contributed by atoms with E-state index in [0.717, 1.165) is 28.2 Å². The molecule has 4 rings (SSSR count). The van der Waals surface area contributed by atoms with Gasteiger partial charge in [-0.2, -0.15) is 5.26 Å². The van der Waals surface area contributed by atoms with Crippen molar-refractivity contribution in [3.8, 4) is 23.1 Å².